The first-order chi connectivity index (χ1) is 16.1. The Balaban J connectivity index is 1.67. The lowest BCUT2D eigenvalue weighted by Crippen LogP contribution is -2.33. The number of rotatable bonds is 1. The van der Waals surface area contributed by atoms with Gasteiger partial charge in [0.2, 0.25) is 5.62 Å². The standard InChI is InChI=1S/C25H21F4N5/c1-15(30)34-20-9-3-7-18(26)21(20)22(32-23(34)31)33-14-4-6-17-16(5-2-8-19(17)33)10-11-24(12-13-24)25(27,28)29/h2-3,5,7-9,30-31H,4,6,12-14H2,1H3. The van der Waals surface area contributed by atoms with Gasteiger partial charge in [-0.25, -0.2) is 4.39 Å². The van der Waals surface area contributed by atoms with Crippen LogP contribution in [0.5, 0.6) is 0 Å². The lowest BCUT2D eigenvalue weighted by Gasteiger charge is -2.32. The second kappa shape index (κ2) is 7.69. The summed E-state index contributed by atoms with van der Waals surface area (Å²) in [5.41, 5.74) is 0.238. The van der Waals surface area contributed by atoms with Crippen LogP contribution < -0.4 is 10.5 Å². The third kappa shape index (κ3) is 3.45. The van der Waals surface area contributed by atoms with Crippen LogP contribution in [0.2, 0.25) is 0 Å². The zero-order valence-electron chi connectivity index (χ0n) is 18.4. The number of benzene rings is 2. The van der Waals surface area contributed by atoms with Gasteiger partial charge in [0.1, 0.15) is 22.9 Å². The van der Waals surface area contributed by atoms with Crippen molar-refractivity contribution in [3.8, 4) is 11.8 Å². The molecule has 5 nitrogen and oxygen atoms in total. The van der Waals surface area contributed by atoms with Gasteiger partial charge in [0, 0.05) is 17.8 Å². The molecule has 0 unspecified atom stereocenters. The minimum absolute atomic E-state index is 0.0164. The van der Waals surface area contributed by atoms with Crippen LogP contribution >= 0.6 is 0 Å². The van der Waals surface area contributed by atoms with E-state index in [9.17, 15) is 13.2 Å². The van der Waals surface area contributed by atoms with Crippen molar-refractivity contribution in [1.82, 2.24) is 9.55 Å². The van der Waals surface area contributed by atoms with Crippen LogP contribution in [0.15, 0.2) is 36.4 Å². The van der Waals surface area contributed by atoms with E-state index in [1.807, 2.05) is 6.07 Å². The van der Waals surface area contributed by atoms with Gasteiger partial charge in [-0.1, -0.05) is 24.0 Å². The third-order valence-electron chi connectivity index (χ3n) is 6.45. The number of halogens is 4. The number of hydrogen-bond acceptors (Lipinski definition) is 4. The molecule has 2 aliphatic rings. The Morgan fingerprint density at radius 1 is 1.15 bits per heavy atom. The molecule has 9 heteroatoms. The van der Waals surface area contributed by atoms with Crippen LogP contribution in [0, 0.1) is 33.9 Å². The number of alkyl halides is 3. The zero-order chi connectivity index (χ0) is 24.3. The summed E-state index contributed by atoms with van der Waals surface area (Å²) in [6.45, 7) is 2.00. The van der Waals surface area contributed by atoms with Gasteiger partial charge in [0.05, 0.1) is 10.9 Å². The van der Waals surface area contributed by atoms with Crippen LogP contribution in [-0.2, 0) is 6.42 Å². The van der Waals surface area contributed by atoms with E-state index >= 15 is 4.39 Å². The Hall–Kier alpha value is -3.67. The summed E-state index contributed by atoms with van der Waals surface area (Å²) in [7, 11) is 0. The molecule has 2 aromatic carbocycles. The highest BCUT2D eigenvalue weighted by Gasteiger charge is 2.62. The second-order valence-corrected chi connectivity index (χ2v) is 8.70. The first-order valence-corrected chi connectivity index (χ1v) is 10.9. The van der Waals surface area contributed by atoms with E-state index in [2.05, 4.69) is 16.8 Å². The maximum Gasteiger partial charge on any atom is 0.405 e. The Labute approximate surface area is 193 Å². The van der Waals surface area contributed by atoms with Gasteiger partial charge in [-0.05, 0) is 62.4 Å². The SMILES string of the molecule is CC(=N)n1c(=N)nc(N2CCCc3c(C#CC4(C(F)(F)F)CC4)cccc32)c2c(F)cccc21. The molecule has 0 spiro atoms. The van der Waals surface area contributed by atoms with Crippen molar-refractivity contribution in [3.05, 3.63) is 59.0 Å². The van der Waals surface area contributed by atoms with Crippen molar-refractivity contribution in [2.75, 3.05) is 11.4 Å². The molecule has 1 saturated carbocycles. The number of nitrogens with zero attached hydrogens (tertiary/aromatic N) is 3. The fourth-order valence-corrected chi connectivity index (χ4v) is 4.53. The normalized spacial score (nSPS) is 16.6. The number of nitrogens with one attached hydrogen (secondary N) is 2. The first kappa shape index (κ1) is 22.1. The van der Waals surface area contributed by atoms with Gasteiger partial charge in [-0.3, -0.25) is 15.4 Å². The van der Waals surface area contributed by atoms with E-state index in [1.54, 1.807) is 23.1 Å². The molecule has 2 N–H and O–H groups in total. The van der Waals surface area contributed by atoms with E-state index in [0.717, 1.165) is 5.56 Å². The van der Waals surface area contributed by atoms with E-state index in [4.69, 9.17) is 10.8 Å². The van der Waals surface area contributed by atoms with E-state index in [1.165, 1.54) is 23.6 Å². The van der Waals surface area contributed by atoms with Crippen molar-refractivity contribution >= 4 is 28.2 Å². The summed E-state index contributed by atoms with van der Waals surface area (Å²) in [4.78, 5) is 6.15. The molecule has 0 atom stereocenters. The Morgan fingerprint density at radius 2 is 1.88 bits per heavy atom. The molecule has 5 rings (SSSR count). The highest BCUT2D eigenvalue weighted by Crippen LogP contribution is 2.57. The minimum Gasteiger partial charge on any atom is -0.325 e. The predicted octanol–water partition coefficient (Wildman–Crippen LogP) is 5.28. The molecule has 1 aromatic heterocycles. The topological polar surface area (TPSA) is 68.8 Å². The van der Waals surface area contributed by atoms with Crippen molar-refractivity contribution in [1.29, 1.82) is 10.8 Å². The molecule has 1 fully saturated rings. The average molecular weight is 467 g/mol. The molecule has 174 valence electrons. The maximum atomic E-state index is 15.1. The maximum absolute atomic E-state index is 15.1. The monoisotopic (exact) mass is 467 g/mol. The third-order valence-corrected chi connectivity index (χ3v) is 6.45. The van der Waals surface area contributed by atoms with Crippen molar-refractivity contribution in [2.45, 2.75) is 38.8 Å². The van der Waals surface area contributed by atoms with Gasteiger partial charge < -0.3 is 4.90 Å². The number of anilines is 2. The summed E-state index contributed by atoms with van der Waals surface area (Å²) >= 11 is 0. The molecule has 0 saturated heterocycles. The quantitative estimate of drug-likeness (QED) is 0.221. The fourth-order valence-electron chi connectivity index (χ4n) is 4.53. The first-order valence-electron chi connectivity index (χ1n) is 10.9. The Kier molecular flexibility index (Phi) is 5.01. The molecule has 34 heavy (non-hydrogen) atoms. The summed E-state index contributed by atoms with van der Waals surface area (Å²) in [5.74, 6) is 5.00. The lowest BCUT2D eigenvalue weighted by atomic mass is 9.95. The van der Waals surface area contributed by atoms with Crippen LogP contribution in [0.4, 0.5) is 29.1 Å². The van der Waals surface area contributed by atoms with Crippen molar-refractivity contribution in [2.24, 2.45) is 5.41 Å². The summed E-state index contributed by atoms with van der Waals surface area (Å²) in [6.07, 6.45) is -3.03. The van der Waals surface area contributed by atoms with Gasteiger partial charge in [0.15, 0.2) is 0 Å². The Bertz CT molecular complexity index is 1450. The number of aromatic nitrogens is 2. The van der Waals surface area contributed by atoms with E-state index in [0.29, 0.717) is 36.2 Å². The molecule has 0 amide bonds. The molecule has 0 radical (unpaired) electrons. The highest BCUT2D eigenvalue weighted by molar-refractivity contribution is 5.98. The molecule has 2 heterocycles. The van der Waals surface area contributed by atoms with E-state index < -0.39 is 17.4 Å². The van der Waals surface area contributed by atoms with Crippen LogP contribution in [-0.4, -0.2) is 28.1 Å². The minimum atomic E-state index is -4.35. The van der Waals surface area contributed by atoms with Gasteiger partial charge in [-0.2, -0.15) is 18.2 Å². The second-order valence-electron chi connectivity index (χ2n) is 8.70. The van der Waals surface area contributed by atoms with Crippen LogP contribution in [0.1, 0.15) is 37.3 Å². The molecule has 1 aliphatic carbocycles. The smallest absolute Gasteiger partial charge is 0.325 e. The van der Waals surface area contributed by atoms with Gasteiger partial charge in [-0.15, -0.1) is 0 Å². The van der Waals surface area contributed by atoms with Gasteiger partial charge in [0.25, 0.3) is 0 Å². The largest absolute Gasteiger partial charge is 0.405 e. The fraction of sp³-hybridized carbons (Fsp3) is 0.320. The summed E-state index contributed by atoms with van der Waals surface area (Å²) in [6, 6.07) is 9.71. The molecule has 3 aromatic rings. The number of fused-ring (bicyclic) bond motifs is 2. The van der Waals surface area contributed by atoms with E-state index in [-0.39, 0.29) is 35.5 Å². The van der Waals surface area contributed by atoms with Gasteiger partial charge >= 0.3 is 6.18 Å². The van der Waals surface area contributed by atoms with Crippen LogP contribution in [0.25, 0.3) is 10.9 Å². The number of hydrogen-bond donors (Lipinski definition) is 2. The molecule has 1 aliphatic heterocycles. The predicted molar refractivity (Wildman–Crippen MR) is 121 cm³/mol. The van der Waals surface area contributed by atoms with Crippen molar-refractivity contribution < 1.29 is 17.6 Å². The molecular weight excluding hydrogens is 446 g/mol. The summed E-state index contributed by atoms with van der Waals surface area (Å²) < 4.78 is 56.4. The molecule has 0 bridgehead atoms. The van der Waals surface area contributed by atoms with Crippen molar-refractivity contribution in [3.63, 3.8) is 0 Å². The van der Waals surface area contributed by atoms with Crippen LogP contribution in [0.3, 0.4) is 0 Å². The highest BCUT2D eigenvalue weighted by atomic mass is 19.4. The average Bonchev–Trinajstić information content (AvgIpc) is 3.58. The lowest BCUT2D eigenvalue weighted by molar-refractivity contribution is -0.168. The summed E-state index contributed by atoms with van der Waals surface area (Å²) in [5, 5.41) is 16.6. The molecular formula is C25H21F4N5. The zero-order valence-corrected chi connectivity index (χ0v) is 18.4. The Morgan fingerprint density at radius 3 is 2.56 bits per heavy atom.